The van der Waals surface area contributed by atoms with Crippen LogP contribution in [0.2, 0.25) is 5.15 Å². The summed E-state index contributed by atoms with van der Waals surface area (Å²) in [4.78, 5) is 5.55. The maximum atomic E-state index is 13.5. The fourth-order valence-electron chi connectivity index (χ4n) is 1.44. The minimum absolute atomic E-state index is 0.0853. The number of hydrogen-bond acceptors (Lipinski definition) is 4. The van der Waals surface area contributed by atoms with Gasteiger partial charge in [0, 0.05) is 19.2 Å². The van der Waals surface area contributed by atoms with Crippen molar-refractivity contribution >= 4 is 17.4 Å². The van der Waals surface area contributed by atoms with Crippen molar-refractivity contribution in [2.75, 3.05) is 31.2 Å². The van der Waals surface area contributed by atoms with E-state index in [0.29, 0.717) is 26.3 Å². The van der Waals surface area contributed by atoms with Crippen molar-refractivity contribution < 1.29 is 14.2 Å². The van der Waals surface area contributed by atoms with Crippen molar-refractivity contribution in [3.8, 4) is 5.75 Å². The van der Waals surface area contributed by atoms with Gasteiger partial charge in [0.05, 0.1) is 13.2 Å². The molecule has 0 unspecified atom stereocenters. The van der Waals surface area contributed by atoms with E-state index in [0.717, 1.165) is 6.07 Å². The highest BCUT2D eigenvalue weighted by atomic mass is 35.5. The topological polar surface area (TPSA) is 45.6 Å². The summed E-state index contributed by atoms with van der Waals surface area (Å²) < 4.78 is 18.6. The quantitative estimate of drug-likeness (QED) is 0.744. The number of ether oxygens (including phenoxy) is 1. The lowest BCUT2D eigenvalue weighted by atomic mass is 10.3. The van der Waals surface area contributed by atoms with Crippen molar-refractivity contribution in [3.63, 3.8) is 0 Å². The highest BCUT2D eigenvalue weighted by Gasteiger charge is 2.18. The van der Waals surface area contributed by atoms with Gasteiger partial charge in [0.1, 0.15) is 0 Å². The first-order valence-electron chi connectivity index (χ1n) is 4.56. The lowest BCUT2D eigenvalue weighted by Crippen LogP contribution is -2.37. The molecule has 1 aliphatic heterocycles. The van der Waals surface area contributed by atoms with Gasteiger partial charge in [-0.2, -0.15) is 0 Å². The zero-order chi connectivity index (χ0) is 10.8. The zero-order valence-corrected chi connectivity index (χ0v) is 8.67. The molecule has 1 saturated heterocycles. The smallest absolute Gasteiger partial charge is 0.173 e. The number of halogens is 2. The van der Waals surface area contributed by atoms with Crippen LogP contribution < -0.4 is 4.90 Å². The second kappa shape index (κ2) is 4.20. The molecule has 0 amide bonds. The highest BCUT2D eigenvalue weighted by molar-refractivity contribution is 6.30. The number of aromatic nitrogens is 1. The Hall–Kier alpha value is -1.07. The highest BCUT2D eigenvalue weighted by Crippen LogP contribution is 2.27. The van der Waals surface area contributed by atoms with Crippen molar-refractivity contribution in [1.29, 1.82) is 0 Å². The molecule has 15 heavy (non-hydrogen) atoms. The molecule has 0 radical (unpaired) electrons. The summed E-state index contributed by atoms with van der Waals surface area (Å²) in [5.74, 6) is -0.744. The summed E-state index contributed by atoms with van der Waals surface area (Å²) in [7, 11) is 0. The van der Waals surface area contributed by atoms with Crippen LogP contribution in [0.5, 0.6) is 5.75 Å². The van der Waals surface area contributed by atoms with Gasteiger partial charge in [-0.05, 0) is 0 Å². The second-order valence-corrected chi connectivity index (χ2v) is 3.56. The molecule has 0 bridgehead atoms. The Balaban J connectivity index is 2.30. The van der Waals surface area contributed by atoms with Crippen LogP contribution in [0.1, 0.15) is 0 Å². The molecule has 0 aromatic carbocycles. The SMILES string of the molecule is Oc1cc(F)c(N2CCOCC2)nc1Cl. The number of aromatic hydroxyl groups is 1. The maximum Gasteiger partial charge on any atom is 0.173 e. The summed E-state index contributed by atoms with van der Waals surface area (Å²) in [6.07, 6.45) is 0. The van der Waals surface area contributed by atoms with Crippen molar-refractivity contribution in [2.24, 2.45) is 0 Å². The second-order valence-electron chi connectivity index (χ2n) is 3.20. The van der Waals surface area contributed by atoms with Crippen LogP contribution in [-0.2, 0) is 4.74 Å². The van der Waals surface area contributed by atoms with Crippen LogP contribution in [0.15, 0.2) is 6.07 Å². The third kappa shape index (κ3) is 2.13. The summed E-state index contributed by atoms with van der Waals surface area (Å²) in [5.41, 5.74) is 0. The monoisotopic (exact) mass is 232 g/mol. The summed E-state index contributed by atoms with van der Waals surface area (Å²) >= 11 is 5.62. The van der Waals surface area contributed by atoms with Gasteiger partial charge in [0.15, 0.2) is 22.5 Å². The average molecular weight is 233 g/mol. The van der Waals surface area contributed by atoms with Gasteiger partial charge in [-0.3, -0.25) is 0 Å². The maximum absolute atomic E-state index is 13.5. The van der Waals surface area contributed by atoms with Gasteiger partial charge >= 0.3 is 0 Å². The standard InChI is InChI=1S/C9H10ClFN2O2/c10-8-7(14)5-6(11)9(12-8)13-1-3-15-4-2-13/h5,14H,1-4H2. The Labute approximate surface area is 91.2 Å². The largest absolute Gasteiger partial charge is 0.505 e. The molecule has 1 aromatic heterocycles. The fourth-order valence-corrected chi connectivity index (χ4v) is 1.58. The molecule has 1 aromatic rings. The predicted octanol–water partition coefficient (Wildman–Crippen LogP) is 1.42. The van der Waals surface area contributed by atoms with E-state index in [9.17, 15) is 4.39 Å². The van der Waals surface area contributed by atoms with E-state index in [1.54, 1.807) is 4.90 Å². The first-order chi connectivity index (χ1) is 7.18. The molecule has 82 valence electrons. The minimum Gasteiger partial charge on any atom is -0.505 e. The molecular weight excluding hydrogens is 223 g/mol. The van der Waals surface area contributed by atoms with Gasteiger partial charge in [-0.25, -0.2) is 9.37 Å². The molecule has 0 aliphatic carbocycles. The Kier molecular flexibility index (Phi) is 2.93. The molecule has 6 heteroatoms. The molecule has 1 aliphatic rings. The number of pyridine rings is 1. The fraction of sp³-hybridized carbons (Fsp3) is 0.444. The van der Waals surface area contributed by atoms with Crippen molar-refractivity contribution in [2.45, 2.75) is 0 Å². The lowest BCUT2D eigenvalue weighted by molar-refractivity contribution is 0.122. The van der Waals surface area contributed by atoms with Gasteiger partial charge in [-0.1, -0.05) is 11.6 Å². The lowest BCUT2D eigenvalue weighted by Gasteiger charge is -2.28. The van der Waals surface area contributed by atoms with Crippen LogP contribution in [0, 0.1) is 5.82 Å². The molecule has 2 heterocycles. The van der Waals surface area contributed by atoms with E-state index in [4.69, 9.17) is 21.4 Å². The van der Waals surface area contributed by atoms with E-state index in [-0.39, 0.29) is 16.7 Å². The van der Waals surface area contributed by atoms with Crippen molar-refractivity contribution in [3.05, 3.63) is 17.0 Å². The minimum atomic E-state index is -0.571. The van der Waals surface area contributed by atoms with Gasteiger partial charge < -0.3 is 14.7 Å². The average Bonchev–Trinajstić information content (AvgIpc) is 2.25. The Morgan fingerprint density at radius 1 is 1.47 bits per heavy atom. The zero-order valence-electron chi connectivity index (χ0n) is 7.91. The van der Waals surface area contributed by atoms with Crippen LogP contribution in [0.3, 0.4) is 0 Å². The first-order valence-corrected chi connectivity index (χ1v) is 4.94. The molecule has 0 spiro atoms. The normalized spacial score (nSPS) is 16.8. The number of rotatable bonds is 1. The molecule has 4 nitrogen and oxygen atoms in total. The number of anilines is 1. The van der Waals surface area contributed by atoms with E-state index in [1.807, 2.05) is 0 Å². The Morgan fingerprint density at radius 2 is 2.13 bits per heavy atom. The number of nitrogens with zero attached hydrogens (tertiary/aromatic N) is 2. The summed E-state index contributed by atoms with van der Waals surface area (Å²) in [5, 5.41) is 9.06. The third-order valence-corrected chi connectivity index (χ3v) is 2.48. The van der Waals surface area contributed by atoms with Gasteiger partial charge in [0.25, 0.3) is 0 Å². The van der Waals surface area contributed by atoms with Crippen molar-refractivity contribution in [1.82, 2.24) is 4.98 Å². The Morgan fingerprint density at radius 3 is 2.80 bits per heavy atom. The van der Waals surface area contributed by atoms with Crippen LogP contribution >= 0.6 is 11.6 Å². The van der Waals surface area contributed by atoms with Gasteiger partial charge in [0.2, 0.25) is 0 Å². The van der Waals surface area contributed by atoms with Crippen LogP contribution in [-0.4, -0.2) is 36.4 Å². The molecule has 2 rings (SSSR count). The molecule has 0 saturated carbocycles. The molecule has 1 N–H and O–H groups in total. The third-order valence-electron chi connectivity index (χ3n) is 2.20. The van der Waals surface area contributed by atoms with Crippen LogP contribution in [0.25, 0.3) is 0 Å². The van der Waals surface area contributed by atoms with Gasteiger partial charge in [-0.15, -0.1) is 0 Å². The summed E-state index contributed by atoms with van der Waals surface area (Å²) in [6.45, 7) is 2.23. The van der Waals surface area contributed by atoms with E-state index in [1.165, 1.54) is 0 Å². The molecular formula is C9H10ClFN2O2. The first kappa shape index (κ1) is 10.4. The van der Waals surface area contributed by atoms with E-state index < -0.39 is 5.82 Å². The summed E-state index contributed by atoms with van der Waals surface area (Å²) in [6, 6.07) is 0.972. The Bertz CT molecular complexity index is 369. The van der Waals surface area contributed by atoms with Crippen LogP contribution in [0.4, 0.5) is 10.2 Å². The number of hydrogen-bond donors (Lipinski definition) is 1. The molecule has 0 atom stereocenters. The molecule has 1 fully saturated rings. The van der Waals surface area contributed by atoms with E-state index in [2.05, 4.69) is 4.98 Å². The predicted molar refractivity (Wildman–Crippen MR) is 53.9 cm³/mol. The number of morpholine rings is 1. The van der Waals surface area contributed by atoms with E-state index >= 15 is 0 Å².